The summed E-state index contributed by atoms with van der Waals surface area (Å²) in [5.41, 5.74) is 1.17. The van der Waals surface area contributed by atoms with Crippen LogP contribution in [0, 0.1) is 11.3 Å². The molecule has 0 atom stereocenters. The summed E-state index contributed by atoms with van der Waals surface area (Å²) in [7, 11) is 1.72. The van der Waals surface area contributed by atoms with Gasteiger partial charge in [-0.25, -0.2) is 0 Å². The molecule has 1 aromatic heterocycles. The van der Waals surface area contributed by atoms with Gasteiger partial charge in [-0.05, 0) is 12.1 Å². The van der Waals surface area contributed by atoms with Crippen molar-refractivity contribution < 1.29 is 0 Å². The Labute approximate surface area is 91.3 Å². The van der Waals surface area contributed by atoms with Crippen LogP contribution in [0.2, 0.25) is 5.02 Å². The van der Waals surface area contributed by atoms with E-state index in [4.69, 9.17) is 16.9 Å². The molecule has 0 unspecified atom stereocenters. The Morgan fingerprint density at radius 3 is 2.93 bits per heavy atom. The highest BCUT2D eigenvalue weighted by molar-refractivity contribution is 7.80. The molecule has 0 saturated heterocycles. The lowest BCUT2D eigenvalue weighted by Crippen LogP contribution is -1.92. The predicted octanol–water partition coefficient (Wildman–Crippen LogP) is 2.39. The Morgan fingerprint density at radius 1 is 1.57 bits per heavy atom. The normalized spacial score (nSPS) is 10.4. The SMILES string of the molecule is Cn1nc2ccc(S)c(Cl)c2c1C#N. The molecule has 0 saturated carbocycles. The van der Waals surface area contributed by atoms with Crippen molar-refractivity contribution in [3.05, 3.63) is 22.8 Å². The van der Waals surface area contributed by atoms with Gasteiger partial charge >= 0.3 is 0 Å². The first-order valence-electron chi connectivity index (χ1n) is 3.89. The van der Waals surface area contributed by atoms with Crippen molar-refractivity contribution in [2.75, 3.05) is 0 Å². The van der Waals surface area contributed by atoms with Crippen molar-refractivity contribution in [2.45, 2.75) is 4.90 Å². The number of fused-ring (bicyclic) bond motifs is 1. The third-order valence-electron chi connectivity index (χ3n) is 2.02. The molecule has 0 spiro atoms. The Bertz CT molecular complexity index is 553. The molecule has 0 aliphatic carbocycles. The topological polar surface area (TPSA) is 41.6 Å². The monoisotopic (exact) mass is 223 g/mol. The minimum Gasteiger partial charge on any atom is -0.257 e. The summed E-state index contributed by atoms with van der Waals surface area (Å²) >= 11 is 10.2. The van der Waals surface area contributed by atoms with Gasteiger partial charge in [0.25, 0.3) is 0 Å². The van der Waals surface area contributed by atoms with Gasteiger partial charge in [-0.15, -0.1) is 12.6 Å². The number of nitrogens with zero attached hydrogens (tertiary/aromatic N) is 3. The van der Waals surface area contributed by atoms with E-state index in [-0.39, 0.29) is 0 Å². The molecule has 70 valence electrons. The van der Waals surface area contributed by atoms with Crippen molar-refractivity contribution >= 4 is 35.1 Å². The van der Waals surface area contributed by atoms with Gasteiger partial charge in [-0.1, -0.05) is 11.6 Å². The average Bonchev–Trinajstić information content (AvgIpc) is 2.48. The van der Waals surface area contributed by atoms with Crippen molar-refractivity contribution in [1.29, 1.82) is 5.26 Å². The Morgan fingerprint density at radius 2 is 2.29 bits per heavy atom. The fourth-order valence-electron chi connectivity index (χ4n) is 1.37. The number of thiol groups is 1. The summed E-state index contributed by atoms with van der Waals surface area (Å²) in [4.78, 5) is 0.656. The van der Waals surface area contributed by atoms with Gasteiger partial charge in [0.2, 0.25) is 0 Å². The number of aromatic nitrogens is 2. The van der Waals surface area contributed by atoms with Crippen LogP contribution in [0.3, 0.4) is 0 Å². The second kappa shape index (κ2) is 3.19. The maximum Gasteiger partial charge on any atom is 0.147 e. The minimum absolute atomic E-state index is 0.459. The molecule has 0 aliphatic heterocycles. The van der Waals surface area contributed by atoms with Crippen molar-refractivity contribution in [3.63, 3.8) is 0 Å². The van der Waals surface area contributed by atoms with Gasteiger partial charge in [-0.2, -0.15) is 10.4 Å². The van der Waals surface area contributed by atoms with Crippen molar-refractivity contribution in [2.24, 2.45) is 7.05 Å². The van der Waals surface area contributed by atoms with E-state index < -0.39 is 0 Å². The van der Waals surface area contributed by atoms with Crippen LogP contribution >= 0.6 is 24.2 Å². The number of hydrogen-bond donors (Lipinski definition) is 1. The zero-order valence-corrected chi connectivity index (χ0v) is 8.97. The summed E-state index contributed by atoms with van der Waals surface area (Å²) in [5, 5.41) is 14.2. The zero-order valence-electron chi connectivity index (χ0n) is 7.32. The molecule has 1 aromatic carbocycles. The van der Waals surface area contributed by atoms with E-state index in [0.717, 1.165) is 0 Å². The highest BCUT2D eigenvalue weighted by atomic mass is 35.5. The third kappa shape index (κ3) is 1.17. The second-order valence-corrected chi connectivity index (χ2v) is 3.74. The van der Waals surface area contributed by atoms with Crippen LogP contribution in [0.5, 0.6) is 0 Å². The number of aryl methyl sites for hydroxylation is 1. The molecule has 0 radical (unpaired) electrons. The molecular weight excluding hydrogens is 218 g/mol. The van der Waals surface area contributed by atoms with Gasteiger partial charge in [0.15, 0.2) is 0 Å². The Kier molecular flexibility index (Phi) is 2.14. The molecular formula is C9H6ClN3S. The summed E-state index contributed by atoms with van der Waals surface area (Å²) in [6.45, 7) is 0. The molecule has 0 bridgehead atoms. The molecule has 3 nitrogen and oxygen atoms in total. The van der Waals surface area contributed by atoms with Crippen molar-refractivity contribution in [3.8, 4) is 6.07 Å². The van der Waals surface area contributed by atoms with E-state index in [1.165, 1.54) is 4.68 Å². The molecule has 2 aromatic rings. The van der Waals surface area contributed by atoms with E-state index in [1.807, 2.05) is 0 Å². The molecule has 0 aliphatic rings. The van der Waals surface area contributed by atoms with Crippen molar-refractivity contribution in [1.82, 2.24) is 9.78 Å². The van der Waals surface area contributed by atoms with Crippen LogP contribution in [-0.2, 0) is 7.05 Å². The van der Waals surface area contributed by atoms with Crippen LogP contribution in [0.25, 0.3) is 10.9 Å². The minimum atomic E-state index is 0.459. The Hall–Kier alpha value is -1.18. The maximum atomic E-state index is 8.93. The second-order valence-electron chi connectivity index (χ2n) is 2.88. The van der Waals surface area contributed by atoms with E-state index in [9.17, 15) is 0 Å². The summed E-state index contributed by atoms with van der Waals surface area (Å²) in [6.07, 6.45) is 0. The first-order valence-corrected chi connectivity index (χ1v) is 4.72. The molecule has 0 amide bonds. The fraction of sp³-hybridized carbons (Fsp3) is 0.111. The fourth-order valence-corrected chi connectivity index (χ4v) is 1.80. The average molecular weight is 224 g/mol. The summed E-state index contributed by atoms with van der Waals surface area (Å²) in [6, 6.07) is 5.63. The molecule has 0 N–H and O–H groups in total. The van der Waals surface area contributed by atoms with E-state index >= 15 is 0 Å². The summed E-state index contributed by atoms with van der Waals surface area (Å²) < 4.78 is 1.52. The molecule has 0 fully saturated rings. The smallest absolute Gasteiger partial charge is 0.147 e. The first-order chi connectivity index (χ1) is 6.65. The van der Waals surface area contributed by atoms with E-state index in [0.29, 0.717) is 26.5 Å². The lowest BCUT2D eigenvalue weighted by Gasteiger charge is -1.96. The van der Waals surface area contributed by atoms with Crippen LogP contribution in [-0.4, -0.2) is 9.78 Å². The number of hydrogen-bond acceptors (Lipinski definition) is 3. The van der Waals surface area contributed by atoms with Gasteiger partial charge in [0, 0.05) is 11.9 Å². The van der Waals surface area contributed by atoms with Crippen LogP contribution in [0.15, 0.2) is 17.0 Å². The third-order valence-corrected chi connectivity index (χ3v) is 2.92. The first kappa shape index (κ1) is 9.38. The summed E-state index contributed by atoms with van der Waals surface area (Å²) in [5.74, 6) is 0. The van der Waals surface area contributed by atoms with Crippen LogP contribution in [0.4, 0.5) is 0 Å². The van der Waals surface area contributed by atoms with E-state index in [1.54, 1.807) is 19.2 Å². The van der Waals surface area contributed by atoms with Gasteiger partial charge < -0.3 is 0 Å². The number of nitriles is 1. The molecule has 2 rings (SSSR count). The highest BCUT2D eigenvalue weighted by Gasteiger charge is 2.13. The Balaban J connectivity index is 3.00. The standard InChI is InChI=1S/C9H6ClN3S/c1-13-6(4-11)8-5(12-13)2-3-7(14)9(8)10/h2-3,14H,1H3. The lowest BCUT2D eigenvalue weighted by atomic mass is 10.2. The number of halogens is 1. The van der Waals surface area contributed by atoms with Gasteiger partial charge in [-0.3, -0.25) is 4.68 Å². The molecule has 14 heavy (non-hydrogen) atoms. The quantitative estimate of drug-likeness (QED) is 0.697. The number of rotatable bonds is 0. The predicted molar refractivity (Wildman–Crippen MR) is 57.7 cm³/mol. The number of benzene rings is 1. The largest absolute Gasteiger partial charge is 0.257 e. The van der Waals surface area contributed by atoms with Gasteiger partial charge in [0.05, 0.1) is 15.9 Å². The van der Waals surface area contributed by atoms with E-state index in [2.05, 4.69) is 23.8 Å². The highest BCUT2D eigenvalue weighted by Crippen LogP contribution is 2.31. The van der Waals surface area contributed by atoms with Crippen LogP contribution < -0.4 is 0 Å². The zero-order chi connectivity index (χ0) is 10.3. The maximum absolute atomic E-state index is 8.93. The van der Waals surface area contributed by atoms with Gasteiger partial charge in [0.1, 0.15) is 11.8 Å². The molecule has 1 heterocycles. The lowest BCUT2D eigenvalue weighted by molar-refractivity contribution is 0.767. The molecule has 5 heteroatoms. The van der Waals surface area contributed by atoms with Crippen LogP contribution in [0.1, 0.15) is 5.69 Å².